The molecular weight excluding hydrogens is 196 g/mol. The minimum Gasteiger partial charge on any atom is -0.380 e. The Kier molecular flexibility index (Phi) is 3.82. The van der Waals surface area contributed by atoms with Crippen LogP contribution in [0.2, 0.25) is 0 Å². The van der Waals surface area contributed by atoms with Gasteiger partial charge in [0.2, 0.25) is 5.91 Å². The van der Waals surface area contributed by atoms with Crippen molar-refractivity contribution in [2.24, 2.45) is 5.73 Å². The monoisotopic (exact) mass is 214 g/mol. The summed E-state index contributed by atoms with van der Waals surface area (Å²) in [4.78, 5) is 24.6. The lowest BCUT2D eigenvalue weighted by Gasteiger charge is -2.23. The minimum atomic E-state index is -0.567. The summed E-state index contributed by atoms with van der Waals surface area (Å²) in [5.41, 5.74) is 5.52. The summed E-state index contributed by atoms with van der Waals surface area (Å²) in [6.45, 7) is 3.57. The van der Waals surface area contributed by atoms with Crippen LogP contribution in [0.3, 0.4) is 0 Å². The van der Waals surface area contributed by atoms with Gasteiger partial charge in [0.25, 0.3) is 0 Å². The third-order valence-corrected chi connectivity index (χ3v) is 2.74. The molecule has 1 rings (SSSR count). The quantitative estimate of drug-likeness (QED) is 0.690. The number of amides is 1. The highest BCUT2D eigenvalue weighted by atomic mass is 16.5. The molecule has 5 heteroatoms. The first-order chi connectivity index (χ1) is 6.97. The highest BCUT2D eigenvalue weighted by Crippen LogP contribution is 2.21. The first-order valence-corrected chi connectivity index (χ1v) is 5.06. The molecule has 1 aliphatic heterocycles. The molecular formula is C10H18N2O3. The van der Waals surface area contributed by atoms with Crippen LogP contribution in [0, 0.1) is 0 Å². The Morgan fingerprint density at radius 3 is 2.53 bits per heavy atom. The van der Waals surface area contributed by atoms with Gasteiger partial charge in [0, 0.05) is 20.1 Å². The minimum absolute atomic E-state index is 0.0106. The second kappa shape index (κ2) is 4.72. The van der Waals surface area contributed by atoms with Gasteiger partial charge in [0.1, 0.15) is 0 Å². The fourth-order valence-electron chi connectivity index (χ4n) is 1.86. The van der Waals surface area contributed by atoms with Gasteiger partial charge in [-0.3, -0.25) is 9.59 Å². The van der Waals surface area contributed by atoms with E-state index in [1.807, 2.05) is 0 Å². The van der Waals surface area contributed by atoms with E-state index in [2.05, 4.69) is 0 Å². The molecule has 0 saturated carbocycles. The summed E-state index contributed by atoms with van der Waals surface area (Å²) in [6, 6.07) is -0.934. The van der Waals surface area contributed by atoms with E-state index in [9.17, 15) is 9.59 Å². The van der Waals surface area contributed by atoms with Crippen molar-refractivity contribution < 1.29 is 14.3 Å². The van der Waals surface area contributed by atoms with Gasteiger partial charge in [-0.15, -0.1) is 0 Å². The summed E-state index contributed by atoms with van der Waals surface area (Å²) in [5.74, 6) is -0.196. The largest absolute Gasteiger partial charge is 0.380 e. The van der Waals surface area contributed by atoms with E-state index in [1.165, 1.54) is 11.8 Å². The smallest absolute Gasteiger partial charge is 0.239 e. The zero-order valence-corrected chi connectivity index (χ0v) is 9.40. The van der Waals surface area contributed by atoms with Crippen molar-refractivity contribution >= 4 is 11.7 Å². The first kappa shape index (κ1) is 12.1. The number of likely N-dealkylation sites (tertiary alicyclic amines) is 1. The molecule has 3 unspecified atom stereocenters. The zero-order valence-electron chi connectivity index (χ0n) is 9.40. The average molecular weight is 214 g/mol. The summed E-state index contributed by atoms with van der Waals surface area (Å²) in [5, 5.41) is 0. The Labute approximate surface area is 89.6 Å². The molecule has 86 valence electrons. The second-order valence-corrected chi connectivity index (χ2v) is 4.00. The number of methoxy groups -OCH3 is 1. The van der Waals surface area contributed by atoms with Crippen molar-refractivity contribution in [1.29, 1.82) is 0 Å². The summed E-state index contributed by atoms with van der Waals surface area (Å²) >= 11 is 0. The molecule has 3 atom stereocenters. The lowest BCUT2D eigenvalue weighted by molar-refractivity contribution is -0.137. The number of nitrogens with two attached hydrogens (primary N) is 1. The predicted octanol–water partition coefficient (Wildman–Crippen LogP) is -0.461. The van der Waals surface area contributed by atoms with Crippen molar-refractivity contribution in [3.05, 3.63) is 0 Å². The molecule has 1 fully saturated rings. The van der Waals surface area contributed by atoms with Crippen molar-refractivity contribution in [3.8, 4) is 0 Å². The fourth-order valence-corrected chi connectivity index (χ4v) is 1.86. The SMILES string of the molecule is COC1CC(C(C)=O)N(C(=O)C(C)N)C1. The van der Waals surface area contributed by atoms with Crippen LogP contribution < -0.4 is 5.73 Å². The first-order valence-electron chi connectivity index (χ1n) is 5.06. The summed E-state index contributed by atoms with van der Waals surface area (Å²) in [7, 11) is 1.59. The number of nitrogens with zero attached hydrogens (tertiary/aromatic N) is 1. The van der Waals surface area contributed by atoms with Crippen LogP contribution in [-0.4, -0.2) is 48.4 Å². The van der Waals surface area contributed by atoms with Gasteiger partial charge in [0.05, 0.1) is 18.2 Å². The molecule has 2 N–H and O–H groups in total. The number of ketones is 1. The Morgan fingerprint density at radius 2 is 2.13 bits per heavy atom. The maximum atomic E-state index is 11.7. The van der Waals surface area contributed by atoms with Gasteiger partial charge in [-0.2, -0.15) is 0 Å². The molecule has 5 nitrogen and oxygen atoms in total. The molecule has 0 aliphatic carbocycles. The van der Waals surface area contributed by atoms with Crippen LogP contribution >= 0.6 is 0 Å². The summed E-state index contributed by atoms with van der Waals surface area (Å²) in [6.07, 6.45) is 0.520. The van der Waals surface area contributed by atoms with Gasteiger partial charge >= 0.3 is 0 Å². The van der Waals surface area contributed by atoms with Gasteiger partial charge in [-0.25, -0.2) is 0 Å². The topological polar surface area (TPSA) is 72.6 Å². The molecule has 1 heterocycles. The van der Waals surface area contributed by atoms with Crippen LogP contribution in [0.25, 0.3) is 0 Å². The molecule has 0 aromatic carbocycles. The lowest BCUT2D eigenvalue weighted by atomic mass is 10.1. The van der Waals surface area contributed by atoms with E-state index in [1.54, 1.807) is 14.0 Å². The zero-order chi connectivity index (χ0) is 11.6. The van der Waals surface area contributed by atoms with Crippen molar-refractivity contribution in [1.82, 2.24) is 4.90 Å². The summed E-state index contributed by atoms with van der Waals surface area (Å²) < 4.78 is 5.16. The van der Waals surface area contributed by atoms with E-state index >= 15 is 0 Å². The second-order valence-electron chi connectivity index (χ2n) is 4.00. The lowest BCUT2D eigenvalue weighted by Crippen LogP contribution is -2.47. The van der Waals surface area contributed by atoms with Crippen LogP contribution in [0.4, 0.5) is 0 Å². The number of rotatable bonds is 3. The highest BCUT2D eigenvalue weighted by Gasteiger charge is 2.38. The molecule has 0 spiro atoms. The number of hydrogen-bond donors (Lipinski definition) is 1. The average Bonchev–Trinajstić information content (AvgIpc) is 2.60. The van der Waals surface area contributed by atoms with E-state index in [-0.39, 0.29) is 23.8 Å². The standard InChI is InChI=1S/C10H18N2O3/c1-6(11)10(14)12-5-8(15-3)4-9(12)7(2)13/h6,8-9H,4-5,11H2,1-3H3. The molecule has 1 amide bonds. The number of ether oxygens (including phenoxy) is 1. The number of carbonyl (C=O) groups excluding carboxylic acids is 2. The van der Waals surface area contributed by atoms with E-state index < -0.39 is 6.04 Å². The molecule has 0 aromatic heterocycles. The van der Waals surface area contributed by atoms with Gasteiger partial charge in [-0.1, -0.05) is 0 Å². The number of carbonyl (C=O) groups is 2. The van der Waals surface area contributed by atoms with E-state index in [0.29, 0.717) is 13.0 Å². The molecule has 1 saturated heterocycles. The van der Waals surface area contributed by atoms with Crippen LogP contribution in [0.1, 0.15) is 20.3 Å². The molecule has 0 bridgehead atoms. The fraction of sp³-hybridized carbons (Fsp3) is 0.800. The molecule has 15 heavy (non-hydrogen) atoms. The maximum Gasteiger partial charge on any atom is 0.239 e. The molecule has 0 radical (unpaired) electrons. The predicted molar refractivity (Wildman–Crippen MR) is 55.2 cm³/mol. The van der Waals surface area contributed by atoms with E-state index in [0.717, 1.165) is 0 Å². The number of Topliss-reactive ketones (excluding diaryl/α,β-unsaturated/α-hetero) is 1. The van der Waals surface area contributed by atoms with Crippen LogP contribution in [0.5, 0.6) is 0 Å². The third kappa shape index (κ3) is 2.54. The van der Waals surface area contributed by atoms with Crippen LogP contribution in [-0.2, 0) is 14.3 Å². The van der Waals surface area contributed by atoms with Crippen molar-refractivity contribution in [2.75, 3.05) is 13.7 Å². The Morgan fingerprint density at radius 1 is 1.53 bits per heavy atom. The number of hydrogen-bond acceptors (Lipinski definition) is 4. The molecule has 1 aliphatic rings. The Hall–Kier alpha value is -0.940. The van der Waals surface area contributed by atoms with Crippen LogP contribution in [0.15, 0.2) is 0 Å². The van der Waals surface area contributed by atoms with Gasteiger partial charge < -0.3 is 15.4 Å². The van der Waals surface area contributed by atoms with Gasteiger partial charge in [-0.05, 0) is 13.8 Å². The molecule has 0 aromatic rings. The van der Waals surface area contributed by atoms with Crippen molar-refractivity contribution in [3.63, 3.8) is 0 Å². The highest BCUT2D eigenvalue weighted by molar-refractivity contribution is 5.90. The van der Waals surface area contributed by atoms with Crippen molar-refractivity contribution in [2.45, 2.75) is 38.5 Å². The van der Waals surface area contributed by atoms with E-state index in [4.69, 9.17) is 10.5 Å². The van der Waals surface area contributed by atoms with Gasteiger partial charge in [0.15, 0.2) is 5.78 Å². The third-order valence-electron chi connectivity index (χ3n) is 2.74. The Bertz CT molecular complexity index is 265. The normalized spacial score (nSPS) is 27.9. The Balaban J connectivity index is 2.77. The maximum absolute atomic E-state index is 11.7.